The zero-order chi connectivity index (χ0) is 8.81. The molecule has 0 spiro atoms. The largest absolute Gasteiger partial charge is 0.365 e. The molecule has 0 fully saturated rings. The summed E-state index contributed by atoms with van der Waals surface area (Å²) in [4.78, 5) is 2.10. The van der Waals surface area contributed by atoms with Crippen LogP contribution in [0.5, 0.6) is 0 Å². The lowest BCUT2D eigenvalue weighted by Gasteiger charge is -2.15. The number of rotatable bonds is 4. The van der Waals surface area contributed by atoms with Gasteiger partial charge in [0.15, 0.2) is 0 Å². The maximum Gasteiger partial charge on any atom is 0.0643 e. The summed E-state index contributed by atoms with van der Waals surface area (Å²) in [5.41, 5.74) is 3.02. The molecule has 1 aromatic rings. The lowest BCUT2D eigenvalue weighted by molar-refractivity contribution is 0.455. The molecule has 0 aliphatic heterocycles. The van der Waals surface area contributed by atoms with E-state index in [-0.39, 0.29) is 0 Å². The van der Waals surface area contributed by atoms with Crippen molar-refractivity contribution in [3.63, 3.8) is 0 Å². The van der Waals surface area contributed by atoms with Gasteiger partial charge >= 0.3 is 0 Å². The van der Waals surface area contributed by atoms with Gasteiger partial charge in [-0.15, -0.1) is 0 Å². The molecule has 0 aromatic heterocycles. The molecule has 0 N–H and O–H groups in total. The summed E-state index contributed by atoms with van der Waals surface area (Å²) in [6.45, 7) is 3.99. The molecule has 64 valence electrons. The Morgan fingerprint density at radius 2 is 2.00 bits per heavy atom. The minimum Gasteiger partial charge on any atom is -0.365 e. The fraction of sp³-hybridized carbons (Fsp3) is 0.300. The van der Waals surface area contributed by atoms with Crippen molar-refractivity contribution in [2.24, 2.45) is 0 Å². The number of hydrogen-bond acceptors (Lipinski definition) is 1. The van der Waals surface area contributed by atoms with Crippen LogP contribution in [0.4, 0.5) is 0 Å². The van der Waals surface area contributed by atoms with Crippen LogP contribution in [0.1, 0.15) is 12.5 Å². The zero-order valence-electron chi connectivity index (χ0n) is 7.23. The quantitative estimate of drug-likeness (QED) is 0.653. The lowest BCUT2D eigenvalue weighted by atomic mass is 10.2. The minimum absolute atomic E-state index is 0.918. The summed E-state index contributed by atoms with van der Waals surface area (Å²) in [5.74, 6) is 0. The van der Waals surface area contributed by atoms with E-state index in [0.717, 1.165) is 13.1 Å². The first kappa shape index (κ1) is 9.20. The molecule has 0 aliphatic rings. The summed E-state index contributed by atoms with van der Waals surface area (Å²) in [5, 5.41) is 0. The van der Waals surface area contributed by atoms with Gasteiger partial charge in [-0.05, 0) is 12.5 Å². The highest BCUT2D eigenvalue weighted by Gasteiger charge is 1.96. The molecule has 1 aromatic carbocycles. The average Bonchev–Trinajstić information content (AvgIpc) is 2.16. The van der Waals surface area contributed by atoms with Crippen molar-refractivity contribution >= 4 is 17.7 Å². The Balaban J connectivity index is 2.56. The molecular formula is C10H13NS. The van der Waals surface area contributed by atoms with Crippen LogP contribution in [0.2, 0.25) is 0 Å². The van der Waals surface area contributed by atoms with E-state index >= 15 is 0 Å². The van der Waals surface area contributed by atoms with Gasteiger partial charge < -0.3 is 4.90 Å². The second kappa shape index (κ2) is 4.88. The van der Waals surface area contributed by atoms with Gasteiger partial charge in [0, 0.05) is 13.1 Å². The van der Waals surface area contributed by atoms with E-state index in [1.165, 1.54) is 5.56 Å². The molecule has 1 rings (SSSR count). The highest BCUT2D eigenvalue weighted by Crippen LogP contribution is 2.01. The summed E-state index contributed by atoms with van der Waals surface area (Å²) in [6, 6.07) is 10.3. The first-order valence-electron chi connectivity index (χ1n) is 4.10. The van der Waals surface area contributed by atoms with Crippen molar-refractivity contribution in [1.29, 1.82) is 0 Å². The van der Waals surface area contributed by atoms with Crippen molar-refractivity contribution in [1.82, 2.24) is 4.90 Å². The fourth-order valence-corrected chi connectivity index (χ4v) is 1.27. The normalized spacial score (nSPS) is 9.42. The van der Waals surface area contributed by atoms with Gasteiger partial charge in [0.2, 0.25) is 0 Å². The summed E-state index contributed by atoms with van der Waals surface area (Å²) >= 11 is 4.87. The van der Waals surface area contributed by atoms with Crippen molar-refractivity contribution in [3.8, 4) is 0 Å². The average molecular weight is 179 g/mol. The molecule has 0 radical (unpaired) electrons. The van der Waals surface area contributed by atoms with Crippen LogP contribution in [0, 0.1) is 0 Å². The molecule has 0 heterocycles. The van der Waals surface area contributed by atoms with E-state index in [1.54, 1.807) is 5.49 Å². The standard InChI is InChI=1S/C10H13NS/c1-2-11(9-12)8-10-6-4-3-5-7-10/h3-7,9H,2,8H2,1H3. The van der Waals surface area contributed by atoms with Crippen molar-refractivity contribution in [3.05, 3.63) is 35.9 Å². The Hall–Kier alpha value is -0.890. The zero-order valence-corrected chi connectivity index (χ0v) is 8.05. The topological polar surface area (TPSA) is 3.24 Å². The molecule has 0 aliphatic carbocycles. The molecule has 1 nitrogen and oxygen atoms in total. The molecular weight excluding hydrogens is 166 g/mol. The predicted molar refractivity (Wildman–Crippen MR) is 56.2 cm³/mol. The first-order valence-corrected chi connectivity index (χ1v) is 4.57. The van der Waals surface area contributed by atoms with Crippen LogP contribution in [-0.2, 0) is 6.54 Å². The summed E-state index contributed by atoms with van der Waals surface area (Å²) in [6.07, 6.45) is 0. The maximum atomic E-state index is 4.87. The Kier molecular flexibility index (Phi) is 3.74. The SMILES string of the molecule is CCN(C=S)Cc1ccccc1. The summed E-state index contributed by atoms with van der Waals surface area (Å²) < 4.78 is 0. The van der Waals surface area contributed by atoms with Crippen LogP contribution in [0.3, 0.4) is 0 Å². The van der Waals surface area contributed by atoms with E-state index in [0.29, 0.717) is 0 Å². The third-order valence-electron chi connectivity index (χ3n) is 1.78. The number of nitrogens with zero attached hydrogens (tertiary/aromatic N) is 1. The highest BCUT2D eigenvalue weighted by molar-refractivity contribution is 7.78. The molecule has 0 amide bonds. The second-order valence-corrected chi connectivity index (χ2v) is 2.86. The van der Waals surface area contributed by atoms with Gasteiger partial charge in [-0.2, -0.15) is 0 Å². The highest BCUT2D eigenvalue weighted by atomic mass is 32.1. The van der Waals surface area contributed by atoms with E-state index in [4.69, 9.17) is 12.2 Å². The number of thiocarbonyl (C=S) groups is 1. The molecule has 0 bridgehead atoms. The van der Waals surface area contributed by atoms with Gasteiger partial charge in [0.25, 0.3) is 0 Å². The van der Waals surface area contributed by atoms with Gasteiger partial charge in [-0.3, -0.25) is 0 Å². The smallest absolute Gasteiger partial charge is 0.0643 e. The van der Waals surface area contributed by atoms with E-state index in [9.17, 15) is 0 Å². The van der Waals surface area contributed by atoms with Gasteiger partial charge in [-0.1, -0.05) is 42.5 Å². The second-order valence-electron chi connectivity index (χ2n) is 2.65. The molecule has 0 unspecified atom stereocenters. The monoisotopic (exact) mass is 179 g/mol. The molecule has 0 atom stereocenters. The Bertz CT molecular complexity index is 233. The third kappa shape index (κ3) is 2.62. The molecule has 2 heteroatoms. The van der Waals surface area contributed by atoms with Gasteiger partial charge in [-0.25, -0.2) is 0 Å². The van der Waals surface area contributed by atoms with Gasteiger partial charge in [0.1, 0.15) is 0 Å². The maximum absolute atomic E-state index is 4.87. The lowest BCUT2D eigenvalue weighted by Crippen LogP contribution is -2.19. The number of benzene rings is 1. The van der Waals surface area contributed by atoms with Crippen molar-refractivity contribution < 1.29 is 0 Å². The van der Waals surface area contributed by atoms with E-state index < -0.39 is 0 Å². The van der Waals surface area contributed by atoms with E-state index in [1.807, 2.05) is 18.2 Å². The fourth-order valence-electron chi connectivity index (χ4n) is 1.04. The van der Waals surface area contributed by atoms with Gasteiger partial charge in [0.05, 0.1) is 5.49 Å². The molecule has 12 heavy (non-hydrogen) atoms. The van der Waals surface area contributed by atoms with Crippen LogP contribution in [0.15, 0.2) is 30.3 Å². The Labute approximate surface area is 79.0 Å². The van der Waals surface area contributed by atoms with E-state index in [2.05, 4.69) is 24.0 Å². The Morgan fingerprint density at radius 1 is 1.33 bits per heavy atom. The molecule has 0 saturated heterocycles. The van der Waals surface area contributed by atoms with Crippen LogP contribution < -0.4 is 0 Å². The van der Waals surface area contributed by atoms with Crippen LogP contribution in [-0.4, -0.2) is 16.9 Å². The molecule has 0 saturated carbocycles. The first-order chi connectivity index (χ1) is 5.86. The Morgan fingerprint density at radius 3 is 2.50 bits per heavy atom. The predicted octanol–water partition coefficient (Wildman–Crippen LogP) is 2.47. The summed E-state index contributed by atoms with van der Waals surface area (Å²) in [7, 11) is 0. The number of hydrogen-bond donors (Lipinski definition) is 0. The minimum atomic E-state index is 0.918. The van der Waals surface area contributed by atoms with Crippen molar-refractivity contribution in [2.75, 3.05) is 6.54 Å². The van der Waals surface area contributed by atoms with Crippen LogP contribution >= 0.6 is 12.2 Å². The third-order valence-corrected chi connectivity index (χ3v) is 2.08. The van der Waals surface area contributed by atoms with Crippen LogP contribution in [0.25, 0.3) is 0 Å². The van der Waals surface area contributed by atoms with Crippen molar-refractivity contribution in [2.45, 2.75) is 13.5 Å².